The van der Waals surface area contributed by atoms with Crippen LogP contribution in [-0.2, 0) is 0 Å². The number of benzene rings is 1. The molecule has 1 aromatic rings. The Hall–Kier alpha value is -0.610. The molecule has 5 heteroatoms. The molecule has 0 fully saturated rings. The summed E-state index contributed by atoms with van der Waals surface area (Å²) in [6, 6.07) is 3.93. The van der Waals surface area contributed by atoms with E-state index < -0.39 is 11.7 Å². The topological polar surface area (TPSA) is 0 Å². The molecule has 0 amide bonds. The van der Waals surface area contributed by atoms with Crippen molar-refractivity contribution in [2.24, 2.45) is 0 Å². The number of allylic oxidation sites excluding steroid dienone is 1. The first-order chi connectivity index (χ1) is 6.30. The van der Waals surface area contributed by atoms with E-state index in [1.807, 2.05) is 0 Å². The van der Waals surface area contributed by atoms with E-state index >= 15 is 0 Å². The van der Waals surface area contributed by atoms with Crippen LogP contribution in [0.4, 0.5) is 13.2 Å². The van der Waals surface area contributed by atoms with E-state index in [0.29, 0.717) is 4.90 Å². The molecule has 0 spiro atoms. The summed E-state index contributed by atoms with van der Waals surface area (Å²) in [6.07, 6.45) is -4.44. The van der Waals surface area contributed by atoms with Gasteiger partial charge in [0, 0.05) is 9.92 Å². The maximum atomic E-state index is 12.2. The number of hydrogen-bond acceptors (Lipinski definition) is 1. The summed E-state index contributed by atoms with van der Waals surface area (Å²) < 4.78 is 36.7. The Balaban J connectivity index is 3.14. The van der Waals surface area contributed by atoms with Crippen LogP contribution in [0.2, 0.25) is 5.02 Å². The molecule has 0 bridgehead atoms. The van der Waals surface area contributed by atoms with Crippen molar-refractivity contribution in [3.63, 3.8) is 0 Å². The predicted molar refractivity (Wildman–Crippen MR) is 53.8 cm³/mol. The van der Waals surface area contributed by atoms with E-state index in [0.717, 1.165) is 0 Å². The van der Waals surface area contributed by atoms with Gasteiger partial charge < -0.3 is 0 Å². The van der Waals surface area contributed by atoms with Gasteiger partial charge in [-0.15, -0.1) is 12.6 Å². The monoisotopic (exact) mass is 238 g/mol. The van der Waals surface area contributed by atoms with Gasteiger partial charge in [0.1, 0.15) is 0 Å². The first kappa shape index (κ1) is 11.5. The van der Waals surface area contributed by atoms with E-state index in [-0.39, 0.29) is 10.6 Å². The van der Waals surface area contributed by atoms with Gasteiger partial charge in [0.25, 0.3) is 0 Å². The maximum absolute atomic E-state index is 12.2. The van der Waals surface area contributed by atoms with Crippen LogP contribution in [0.25, 0.3) is 5.57 Å². The molecule has 0 atom stereocenters. The van der Waals surface area contributed by atoms with Crippen molar-refractivity contribution in [2.45, 2.75) is 11.1 Å². The van der Waals surface area contributed by atoms with Crippen molar-refractivity contribution in [3.8, 4) is 0 Å². The van der Waals surface area contributed by atoms with Gasteiger partial charge in [-0.25, -0.2) is 0 Å². The van der Waals surface area contributed by atoms with E-state index in [9.17, 15) is 13.2 Å². The van der Waals surface area contributed by atoms with Gasteiger partial charge in [0.05, 0.1) is 5.57 Å². The third kappa shape index (κ3) is 2.69. The molecule has 0 aromatic heterocycles. The van der Waals surface area contributed by atoms with Crippen molar-refractivity contribution in [1.82, 2.24) is 0 Å². The molecule has 0 saturated heterocycles. The predicted octanol–water partition coefficient (Wildman–Crippen LogP) is 4.20. The van der Waals surface area contributed by atoms with Crippen molar-refractivity contribution >= 4 is 29.8 Å². The van der Waals surface area contributed by atoms with Crippen LogP contribution in [0.15, 0.2) is 29.7 Å². The molecule has 0 radical (unpaired) electrons. The minimum Gasteiger partial charge on any atom is -0.166 e. The summed E-state index contributed by atoms with van der Waals surface area (Å²) in [7, 11) is 0. The lowest BCUT2D eigenvalue weighted by molar-refractivity contribution is -0.0686. The molecular formula is C9H6ClF3S. The van der Waals surface area contributed by atoms with E-state index in [1.54, 1.807) is 0 Å². The third-order valence-corrected chi connectivity index (χ3v) is 2.05. The SMILES string of the molecule is C=C(c1cc(S)cc(Cl)c1)C(F)(F)F. The lowest BCUT2D eigenvalue weighted by Gasteiger charge is -2.10. The zero-order chi connectivity index (χ0) is 10.9. The van der Waals surface area contributed by atoms with Crippen LogP contribution < -0.4 is 0 Å². The average Bonchev–Trinajstić information content (AvgIpc) is 1.99. The quantitative estimate of drug-likeness (QED) is 0.697. The number of hydrogen-bond donors (Lipinski definition) is 1. The fraction of sp³-hybridized carbons (Fsp3) is 0.111. The molecule has 0 heterocycles. The Labute approximate surface area is 89.8 Å². The highest BCUT2D eigenvalue weighted by Gasteiger charge is 2.32. The van der Waals surface area contributed by atoms with Gasteiger partial charge in [-0.2, -0.15) is 13.2 Å². The van der Waals surface area contributed by atoms with E-state index in [4.69, 9.17) is 11.6 Å². The molecule has 0 N–H and O–H groups in total. The zero-order valence-electron chi connectivity index (χ0n) is 6.90. The van der Waals surface area contributed by atoms with Crippen LogP contribution in [0.1, 0.15) is 5.56 Å². The molecule has 1 aromatic carbocycles. The van der Waals surface area contributed by atoms with Gasteiger partial charge in [-0.1, -0.05) is 18.2 Å². The Morgan fingerprint density at radius 1 is 1.29 bits per heavy atom. The van der Waals surface area contributed by atoms with E-state index in [2.05, 4.69) is 19.2 Å². The summed E-state index contributed by atoms with van der Waals surface area (Å²) in [5, 5.41) is 0.206. The molecule has 0 aliphatic carbocycles. The van der Waals surface area contributed by atoms with Crippen LogP contribution in [0.5, 0.6) is 0 Å². The molecule has 1 rings (SSSR count). The Kier molecular flexibility index (Phi) is 3.17. The third-order valence-electron chi connectivity index (χ3n) is 1.57. The number of alkyl halides is 3. The summed E-state index contributed by atoms with van der Waals surface area (Å²) in [4.78, 5) is 0.373. The molecule has 0 saturated carbocycles. The van der Waals surface area contributed by atoms with Gasteiger partial charge in [0.2, 0.25) is 0 Å². The van der Waals surface area contributed by atoms with Gasteiger partial charge in [-0.3, -0.25) is 0 Å². The fourth-order valence-electron chi connectivity index (χ4n) is 0.912. The molecule has 0 aliphatic rings. The van der Waals surface area contributed by atoms with Crippen LogP contribution >= 0.6 is 24.2 Å². The smallest absolute Gasteiger partial charge is 0.166 e. The lowest BCUT2D eigenvalue weighted by Crippen LogP contribution is -2.09. The number of rotatable bonds is 1. The van der Waals surface area contributed by atoms with Gasteiger partial charge in [0.15, 0.2) is 0 Å². The molecule has 0 nitrogen and oxygen atoms in total. The fourth-order valence-corrected chi connectivity index (χ4v) is 1.50. The molecule has 0 aliphatic heterocycles. The minimum atomic E-state index is -4.44. The first-order valence-corrected chi connectivity index (χ1v) is 4.39. The summed E-state index contributed by atoms with van der Waals surface area (Å²) in [5.74, 6) is 0. The van der Waals surface area contributed by atoms with Crippen molar-refractivity contribution in [1.29, 1.82) is 0 Å². The van der Waals surface area contributed by atoms with Crippen LogP contribution in [-0.4, -0.2) is 6.18 Å². The number of halogens is 4. The highest BCUT2D eigenvalue weighted by atomic mass is 35.5. The van der Waals surface area contributed by atoms with Crippen molar-refractivity contribution < 1.29 is 13.2 Å². The van der Waals surface area contributed by atoms with Crippen LogP contribution in [0, 0.1) is 0 Å². The molecule has 14 heavy (non-hydrogen) atoms. The normalized spacial score (nSPS) is 11.5. The summed E-state index contributed by atoms with van der Waals surface area (Å²) in [5.41, 5.74) is -0.981. The maximum Gasteiger partial charge on any atom is 0.416 e. The Morgan fingerprint density at radius 2 is 1.86 bits per heavy atom. The Bertz CT molecular complexity index is 351. The summed E-state index contributed by atoms with van der Waals surface area (Å²) in [6.45, 7) is 2.96. The second-order valence-corrected chi connectivity index (χ2v) is 3.63. The average molecular weight is 239 g/mol. The van der Waals surface area contributed by atoms with Crippen molar-refractivity contribution in [2.75, 3.05) is 0 Å². The standard InChI is InChI=1S/C9H6ClF3S/c1-5(9(11,12)13)6-2-7(10)4-8(14)3-6/h2-4,14H,1H2. The first-order valence-electron chi connectivity index (χ1n) is 3.57. The Morgan fingerprint density at radius 3 is 2.29 bits per heavy atom. The molecule has 76 valence electrons. The summed E-state index contributed by atoms with van der Waals surface area (Å²) >= 11 is 9.51. The van der Waals surface area contributed by atoms with Crippen molar-refractivity contribution in [3.05, 3.63) is 35.4 Å². The highest BCUT2D eigenvalue weighted by Crippen LogP contribution is 2.34. The second-order valence-electron chi connectivity index (χ2n) is 2.67. The van der Waals surface area contributed by atoms with Gasteiger partial charge in [-0.05, 0) is 23.8 Å². The molecule has 0 unspecified atom stereocenters. The second kappa shape index (κ2) is 3.87. The van der Waals surface area contributed by atoms with E-state index in [1.165, 1.54) is 18.2 Å². The lowest BCUT2D eigenvalue weighted by atomic mass is 10.1. The highest BCUT2D eigenvalue weighted by molar-refractivity contribution is 7.80. The zero-order valence-corrected chi connectivity index (χ0v) is 8.55. The molecular weight excluding hydrogens is 233 g/mol. The van der Waals surface area contributed by atoms with Gasteiger partial charge >= 0.3 is 6.18 Å². The number of thiol groups is 1. The van der Waals surface area contributed by atoms with Crippen LogP contribution in [0.3, 0.4) is 0 Å². The largest absolute Gasteiger partial charge is 0.416 e. The minimum absolute atomic E-state index is 0.0602.